The molecule has 1 fully saturated rings. The molecule has 0 atom stereocenters. The molecule has 8 nitrogen and oxygen atoms in total. The Morgan fingerprint density at radius 2 is 1.76 bits per heavy atom. The van der Waals surface area contributed by atoms with Gasteiger partial charge in [0.25, 0.3) is 0 Å². The summed E-state index contributed by atoms with van der Waals surface area (Å²) in [6.07, 6.45) is 1.07. The van der Waals surface area contributed by atoms with Gasteiger partial charge in [-0.25, -0.2) is 13.2 Å². The molecule has 1 N–H and O–H groups in total. The Morgan fingerprint density at radius 1 is 1.03 bits per heavy atom. The highest BCUT2D eigenvalue weighted by atomic mass is 32.2. The van der Waals surface area contributed by atoms with Crippen LogP contribution in [-0.4, -0.2) is 54.7 Å². The van der Waals surface area contributed by atoms with Gasteiger partial charge in [0.1, 0.15) is 0 Å². The number of aromatic nitrogens is 1. The highest BCUT2D eigenvalue weighted by Crippen LogP contribution is 2.21. The Morgan fingerprint density at radius 3 is 2.48 bits per heavy atom. The lowest BCUT2D eigenvalue weighted by Gasteiger charge is -2.34. The number of sulfonamides is 1. The van der Waals surface area contributed by atoms with E-state index in [4.69, 9.17) is 4.42 Å². The normalized spacial score (nSPS) is 15.7. The van der Waals surface area contributed by atoms with E-state index >= 15 is 0 Å². The molecular formula is C20H21N3O5S. The average molecular weight is 415 g/mol. The predicted octanol–water partition coefficient (Wildman–Crippen LogP) is 1.59. The van der Waals surface area contributed by atoms with E-state index in [0.717, 1.165) is 5.56 Å². The van der Waals surface area contributed by atoms with Crippen LogP contribution in [0.5, 0.6) is 0 Å². The third-order valence-electron chi connectivity index (χ3n) is 5.09. The molecule has 9 heteroatoms. The Labute approximate surface area is 167 Å². The molecule has 1 aromatic heterocycles. The van der Waals surface area contributed by atoms with Gasteiger partial charge in [-0.15, -0.1) is 0 Å². The number of nitrogens with zero attached hydrogens (tertiary/aromatic N) is 2. The van der Waals surface area contributed by atoms with Crippen molar-refractivity contribution in [2.75, 3.05) is 26.2 Å². The summed E-state index contributed by atoms with van der Waals surface area (Å²) in [5.41, 5.74) is 1.75. The number of oxazole rings is 1. The molecule has 2 aromatic carbocycles. The first kappa shape index (κ1) is 19.4. The standard InChI is InChI=1S/C20H21N3O5S/c24-19(9-6-15-4-2-1-3-5-15)22-10-12-23(13-11-22)29(26,27)16-7-8-17-18(14-16)28-20(25)21-17/h1-5,7-8,14H,6,9-13H2,(H,21,25). The van der Waals surface area contributed by atoms with Gasteiger partial charge in [-0.3, -0.25) is 9.78 Å². The minimum atomic E-state index is -3.73. The van der Waals surface area contributed by atoms with Crippen molar-refractivity contribution in [3.8, 4) is 0 Å². The number of carbonyl (C=O) groups excluding carboxylic acids is 1. The van der Waals surface area contributed by atoms with Crippen molar-refractivity contribution in [1.82, 2.24) is 14.2 Å². The number of aryl methyl sites for hydroxylation is 1. The van der Waals surface area contributed by atoms with Crippen molar-refractivity contribution < 1.29 is 17.6 Å². The highest BCUT2D eigenvalue weighted by molar-refractivity contribution is 7.89. The highest BCUT2D eigenvalue weighted by Gasteiger charge is 2.30. The van der Waals surface area contributed by atoms with Gasteiger partial charge in [0.15, 0.2) is 5.58 Å². The molecule has 0 spiro atoms. The minimum absolute atomic E-state index is 0.0291. The van der Waals surface area contributed by atoms with Gasteiger partial charge in [0, 0.05) is 38.7 Å². The van der Waals surface area contributed by atoms with Crippen molar-refractivity contribution >= 4 is 27.0 Å². The zero-order valence-corrected chi connectivity index (χ0v) is 16.5. The molecule has 1 saturated heterocycles. The van der Waals surface area contributed by atoms with Crippen LogP contribution in [0.1, 0.15) is 12.0 Å². The van der Waals surface area contributed by atoms with Crippen LogP contribution in [0, 0.1) is 0 Å². The van der Waals surface area contributed by atoms with Crippen molar-refractivity contribution in [1.29, 1.82) is 0 Å². The summed E-state index contributed by atoms with van der Waals surface area (Å²) in [5.74, 6) is -0.599. The van der Waals surface area contributed by atoms with Crippen molar-refractivity contribution in [3.05, 3.63) is 64.6 Å². The predicted molar refractivity (Wildman–Crippen MR) is 107 cm³/mol. The van der Waals surface area contributed by atoms with Crippen LogP contribution in [0.4, 0.5) is 0 Å². The third-order valence-corrected chi connectivity index (χ3v) is 6.99. The smallest absolute Gasteiger partial charge is 0.408 e. The maximum Gasteiger partial charge on any atom is 0.417 e. The van der Waals surface area contributed by atoms with Crippen LogP contribution in [0.15, 0.2) is 62.6 Å². The second-order valence-corrected chi connectivity index (χ2v) is 8.88. The molecule has 0 saturated carbocycles. The van der Waals surface area contributed by atoms with Gasteiger partial charge in [-0.1, -0.05) is 30.3 Å². The number of hydrogen-bond acceptors (Lipinski definition) is 5. The first-order chi connectivity index (χ1) is 13.9. The Balaban J connectivity index is 1.38. The van der Waals surface area contributed by atoms with E-state index in [-0.39, 0.29) is 29.5 Å². The van der Waals surface area contributed by atoms with Gasteiger partial charge in [-0.05, 0) is 24.1 Å². The number of nitrogens with one attached hydrogen (secondary N) is 1. The van der Waals surface area contributed by atoms with Crippen LogP contribution in [0.3, 0.4) is 0 Å². The number of fused-ring (bicyclic) bond motifs is 1. The SMILES string of the molecule is O=C(CCc1ccccc1)N1CCN(S(=O)(=O)c2ccc3[nH]c(=O)oc3c2)CC1. The number of rotatable bonds is 5. The quantitative estimate of drug-likeness (QED) is 0.682. The molecule has 2 heterocycles. The summed E-state index contributed by atoms with van der Waals surface area (Å²) >= 11 is 0. The fraction of sp³-hybridized carbons (Fsp3) is 0.300. The molecular weight excluding hydrogens is 394 g/mol. The lowest BCUT2D eigenvalue weighted by atomic mass is 10.1. The summed E-state index contributed by atoms with van der Waals surface area (Å²) in [5, 5.41) is 0. The molecule has 0 bridgehead atoms. The lowest BCUT2D eigenvalue weighted by Crippen LogP contribution is -2.50. The first-order valence-corrected chi connectivity index (χ1v) is 10.8. The molecule has 1 amide bonds. The largest absolute Gasteiger partial charge is 0.417 e. The molecule has 0 unspecified atom stereocenters. The van der Waals surface area contributed by atoms with E-state index in [1.807, 2.05) is 30.3 Å². The summed E-state index contributed by atoms with van der Waals surface area (Å²) in [4.78, 5) is 28.0. The number of H-pyrrole nitrogens is 1. The summed E-state index contributed by atoms with van der Waals surface area (Å²) in [6.45, 7) is 1.17. The van der Waals surface area contributed by atoms with Crippen molar-refractivity contribution in [2.24, 2.45) is 0 Å². The maximum absolute atomic E-state index is 12.9. The van der Waals surface area contributed by atoms with Crippen LogP contribution >= 0.6 is 0 Å². The zero-order valence-electron chi connectivity index (χ0n) is 15.7. The van der Waals surface area contributed by atoms with Gasteiger partial charge in [0.2, 0.25) is 15.9 Å². The van der Waals surface area contributed by atoms with E-state index in [2.05, 4.69) is 4.98 Å². The van der Waals surface area contributed by atoms with Crippen LogP contribution in [-0.2, 0) is 21.2 Å². The number of amides is 1. The summed E-state index contributed by atoms with van der Waals surface area (Å²) in [7, 11) is -3.73. The number of piperazine rings is 1. The lowest BCUT2D eigenvalue weighted by molar-refractivity contribution is -0.132. The molecule has 1 aliphatic heterocycles. The second kappa shape index (κ2) is 7.84. The molecule has 152 valence electrons. The van der Waals surface area contributed by atoms with Gasteiger partial charge in [0.05, 0.1) is 10.4 Å². The molecule has 1 aliphatic rings. The van der Waals surface area contributed by atoms with E-state index in [0.29, 0.717) is 31.4 Å². The van der Waals surface area contributed by atoms with E-state index in [1.165, 1.54) is 22.5 Å². The van der Waals surface area contributed by atoms with Gasteiger partial charge >= 0.3 is 5.76 Å². The van der Waals surface area contributed by atoms with Crippen molar-refractivity contribution in [3.63, 3.8) is 0 Å². The summed E-state index contributed by atoms with van der Waals surface area (Å²) < 4.78 is 32.2. The topological polar surface area (TPSA) is 104 Å². The van der Waals surface area contributed by atoms with E-state index in [1.54, 1.807) is 4.90 Å². The maximum atomic E-state index is 12.9. The zero-order chi connectivity index (χ0) is 20.4. The van der Waals surface area contributed by atoms with Crippen LogP contribution < -0.4 is 5.76 Å². The molecule has 29 heavy (non-hydrogen) atoms. The Hall–Kier alpha value is -2.91. The fourth-order valence-corrected chi connectivity index (χ4v) is 4.91. The second-order valence-electron chi connectivity index (χ2n) is 6.94. The van der Waals surface area contributed by atoms with E-state index < -0.39 is 15.8 Å². The monoisotopic (exact) mass is 415 g/mol. The van der Waals surface area contributed by atoms with Gasteiger partial charge in [-0.2, -0.15) is 4.31 Å². The Bertz CT molecular complexity index is 1180. The average Bonchev–Trinajstić information content (AvgIpc) is 3.12. The van der Waals surface area contributed by atoms with Gasteiger partial charge < -0.3 is 9.32 Å². The fourth-order valence-electron chi connectivity index (χ4n) is 3.47. The third kappa shape index (κ3) is 4.10. The number of benzene rings is 2. The molecule has 3 aromatic rings. The van der Waals surface area contributed by atoms with E-state index in [9.17, 15) is 18.0 Å². The Kier molecular flexibility index (Phi) is 5.25. The molecule has 0 aliphatic carbocycles. The number of aromatic amines is 1. The number of hydrogen-bond donors (Lipinski definition) is 1. The summed E-state index contributed by atoms with van der Waals surface area (Å²) in [6, 6.07) is 14.1. The van der Waals surface area contributed by atoms with Crippen LogP contribution in [0.2, 0.25) is 0 Å². The van der Waals surface area contributed by atoms with Crippen molar-refractivity contribution in [2.45, 2.75) is 17.7 Å². The minimum Gasteiger partial charge on any atom is -0.408 e. The molecule has 0 radical (unpaired) electrons. The van der Waals surface area contributed by atoms with Crippen LogP contribution in [0.25, 0.3) is 11.1 Å². The number of carbonyl (C=O) groups is 1. The molecule has 4 rings (SSSR count). The first-order valence-electron chi connectivity index (χ1n) is 9.38.